The summed E-state index contributed by atoms with van der Waals surface area (Å²) >= 11 is 5.49. The fourth-order valence-electron chi connectivity index (χ4n) is 2.19. The molecule has 0 aromatic heterocycles. The van der Waals surface area contributed by atoms with Crippen LogP contribution < -0.4 is 0 Å². The smallest absolute Gasteiger partial charge is 0.324 e. The summed E-state index contributed by atoms with van der Waals surface area (Å²) < 4.78 is 29.8. The van der Waals surface area contributed by atoms with E-state index in [4.69, 9.17) is 11.6 Å². The van der Waals surface area contributed by atoms with Crippen LogP contribution in [0.1, 0.15) is 11.1 Å². The number of benzene rings is 1. The predicted molar refractivity (Wildman–Crippen MR) is 71.1 cm³/mol. The van der Waals surface area contributed by atoms with Gasteiger partial charge in [0.15, 0.2) is 0 Å². The maximum absolute atomic E-state index is 12.0. The van der Waals surface area contributed by atoms with Crippen LogP contribution in [0.3, 0.4) is 0 Å². The quantitative estimate of drug-likeness (QED) is 0.620. The number of rotatable bonds is 3. The second kappa shape index (κ2) is 5.48. The van der Waals surface area contributed by atoms with E-state index in [1.807, 2.05) is 24.3 Å². The van der Waals surface area contributed by atoms with E-state index in [1.54, 1.807) is 0 Å². The zero-order valence-electron chi connectivity index (χ0n) is 10.4. The van der Waals surface area contributed by atoms with E-state index in [-0.39, 0.29) is 6.54 Å². The summed E-state index contributed by atoms with van der Waals surface area (Å²) in [5.41, 5.74) is 1.84. The highest BCUT2D eigenvalue weighted by atomic mass is 35.5. The largest absolute Gasteiger partial charge is 0.468 e. The average Bonchev–Trinajstić information content (AvgIpc) is 2.45. The van der Waals surface area contributed by atoms with E-state index in [9.17, 15) is 13.2 Å². The number of carbonyl (C=O) groups excluding carboxylic acids is 1. The summed E-state index contributed by atoms with van der Waals surface area (Å²) in [6.07, 6.45) is 0.305. The van der Waals surface area contributed by atoms with Crippen LogP contribution in [0.5, 0.6) is 0 Å². The van der Waals surface area contributed by atoms with Gasteiger partial charge in [-0.3, -0.25) is 4.79 Å². The Hall–Kier alpha value is -1.11. The second-order valence-electron chi connectivity index (χ2n) is 4.28. The molecular weight excluding hydrogens is 290 g/mol. The third kappa shape index (κ3) is 2.75. The topological polar surface area (TPSA) is 63.7 Å². The zero-order chi connectivity index (χ0) is 14.0. The van der Waals surface area contributed by atoms with E-state index in [2.05, 4.69) is 4.74 Å². The molecule has 1 atom stereocenters. The summed E-state index contributed by atoms with van der Waals surface area (Å²) in [5, 5.41) is -0.553. The molecule has 0 saturated heterocycles. The van der Waals surface area contributed by atoms with Gasteiger partial charge in [-0.1, -0.05) is 24.3 Å². The Bertz CT molecular complexity index is 587. The van der Waals surface area contributed by atoms with Gasteiger partial charge in [-0.15, -0.1) is 11.6 Å². The van der Waals surface area contributed by atoms with Crippen molar-refractivity contribution in [2.75, 3.05) is 12.3 Å². The van der Waals surface area contributed by atoms with Crippen molar-refractivity contribution in [3.05, 3.63) is 35.4 Å². The minimum Gasteiger partial charge on any atom is -0.468 e. The van der Waals surface area contributed by atoms with Gasteiger partial charge in [0.2, 0.25) is 10.0 Å². The number of halogens is 1. The molecular formula is C12H14ClNO4S. The predicted octanol–water partition coefficient (Wildman–Crippen LogP) is 1.11. The molecule has 2 rings (SSSR count). The van der Waals surface area contributed by atoms with E-state index in [0.717, 1.165) is 15.4 Å². The number of sulfonamides is 1. The third-order valence-corrected chi connectivity index (χ3v) is 5.38. The highest BCUT2D eigenvalue weighted by molar-refractivity contribution is 7.90. The Kier molecular flexibility index (Phi) is 4.13. The van der Waals surface area contributed by atoms with Gasteiger partial charge in [0, 0.05) is 13.0 Å². The van der Waals surface area contributed by atoms with Crippen molar-refractivity contribution in [3.63, 3.8) is 0 Å². The molecule has 5 nitrogen and oxygen atoms in total. The maximum atomic E-state index is 12.0. The number of esters is 1. The Morgan fingerprint density at radius 2 is 2.05 bits per heavy atom. The molecule has 1 aliphatic rings. The Labute approximate surface area is 117 Å². The lowest BCUT2D eigenvalue weighted by Gasteiger charge is -2.33. The zero-order valence-corrected chi connectivity index (χ0v) is 11.9. The molecule has 1 aromatic rings. The highest BCUT2D eigenvalue weighted by Gasteiger charge is 2.38. The van der Waals surface area contributed by atoms with Gasteiger partial charge >= 0.3 is 5.97 Å². The average molecular weight is 304 g/mol. The monoisotopic (exact) mass is 303 g/mol. The van der Waals surface area contributed by atoms with E-state index >= 15 is 0 Å². The van der Waals surface area contributed by atoms with Crippen molar-refractivity contribution in [2.24, 2.45) is 0 Å². The molecule has 104 valence electrons. The van der Waals surface area contributed by atoms with Crippen molar-refractivity contribution in [3.8, 4) is 0 Å². The molecule has 0 spiro atoms. The molecule has 1 aliphatic heterocycles. The van der Waals surface area contributed by atoms with Crippen LogP contribution in [0.15, 0.2) is 24.3 Å². The SMILES string of the molecule is COC(=O)C1Cc2ccccc2CN1S(=O)(=O)CCl. The van der Waals surface area contributed by atoms with Crippen molar-refractivity contribution >= 4 is 27.6 Å². The fraction of sp³-hybridized carbons (Fsp3) is 0.417. The van der Waals surface area contributed by atoms with Gasteiger partial charge in [-0.25, -0.2) is 8.42 Å². The number of methoxy groups -OCH3 is 1. The van der Waals surface area contributed by atoms with Crippen molar-refractivity contribution in [1.82, 2.24) is 4.31 Å². The molecule has 0 N–H and O–H groups in total. The summed E-state index contributed by atoms with van der Waals surface area (Å²) in [6, 6.07) is 6.58. The first-order valence-electron chi connectivity index (χ1n) is 5.69. The van der Waals surface area contributed by atoms with Crippen molar-refractivity contribution in [1.29, 1.82) is 0 Å². The van der Waals surface area contributed by atoms with Crippen LogP contribution in [0.4, 0.5) is 0 Å². The van der Waals surface area contributed by atoms with E-state index < -0.39 is 27.2 Å². The summed E-state index contributed by atoms with van der Waals surface area (Å²) in [4.78, 5) is 11.8. The number of hydrogen-bond donors (Lipinski definition) is 0. The fourth-order valence-corrected chi connectivity index (χ4v) is 3.58. The first kappa shape index (κ1) is 14.3. The maximum Gasteiger partial charge on any atom is 0.324 e. The van der Waals surface area contributed by atoms with Crippen LogP contribution in [-0.4, -0.2) is 37.1 Å². The first-order chi connectivity index (χ1) is 8.99. The molecule has 0 saturated carbocycles. The van der Waals surface area contributed by atoms with Crippen LogP contribution in [0.2, 0.25) is 0 Å². The van der Waals surface area contributed by atoms with E-state index in [0.29, 0.717) is 6.42 Å². The lowest BCUT2D eigenvalue weighted by molar-refractivity contribution is -0.145. The standard InChI is InChI=1S/C12H14ClNO4S/c1-18-12(15)11-6-9-4-2-3-5-10(9)7-14(11)19(16,17)8-13/h2-5,11H,6-8H2,1H3. The molecule has 0 radical (unpaired) electrons. The minimum atomic E-state index is -3.67. The second-order valence-corrected chi connectivity index (χ2v) is 6.78. The Balaban J connectivity index is 2.43. The minimum absolute atomic E-state index is 0.144. The first-order valence-corrected chi connectivity index (χ1v) is 7.84. The molecule has 0 aliphatic carbocycles. The number of alkyl halides is 1. The number of ether oxygens (including phenoxy) is 1. The number of carbonyl (C=O) groups is 1. The van der Waals surface area contributed by atoms with Crippen LogP contribution >= 0.6 is 11.6 Å². The van der Waals surface area contributed by atoms with Gasteiger partial charge in [0.25, 0.3) is 0 Å². The molecule has 0 fully saturated rings. The lowest BCUT2D eigenvalue weighted by Crippen LogP contribution is -2.49. The summed E-state index contributed by atoms with van der Waals surface area (Å²) in [7, 11) is -2.43. The number of hydrogen-bond acceptors (Lipinski definition) is 4. The highest BCUT2D eigenvalue weighted by Crippen LogP contribution is 2.26. The molecule has 0 amide bonds. The Morgan fingerprint density at radius 3 is 2.63 bits per heavy atom. The summed E-state index contributed by atoms with van der Waals surface area (Å²) in [6.45, 7) is 0.144. The Morgan fingerprint density at radius 1 is 1.42 bits per heavy atom. The van der Waals surface area contributed by atoms with E-state index in [1.165, 1.54) is 7.11 Å². The van der Waals surface area contributed by atoms with Gasteiger partial charge in [-0.05, 0) is 11.1 Å². The molecule has 7 heteroatoms. The summed E-state index contributed by atoms with van der Waals surface area (Å²) in [5.74, 6) is -0.566. The van der Waals surface area contributed by atoms with Crippen LogP contribution in [0.25, 0.3) is 0 Å². The van der Waals surface area contributed by atoms with Gasteiger partial charge in [0.1, 0.15) is 11.3 Å². The number of fused-ring (bicyclic) bond motifs is 1. The van der Waals surface area contributed by atoms with Gasteiger partial charge < -0.3 is 4.74 Å². The normalized spacial score (nSPS) is 19.8. The van der Waals surface area contributed by atoms with Crippen molar-refractivity contribution < 1.29 is 17.9 Å². The third-order valence-electron chi connectivity index (χ3n) is 3.17. The molecule has 1 aromatic carbocycles. The lowest BCUT2D eigenvalue weighted by atomic mass is 9.96. The van der Waals surface area contributed by atoms with Crippen LogP contribution in [0, 0.1) is 0 Å². The molecule has 1 unspecified atom stereocenters. The van der Waals surface area contributed by atoms with Gasteiger partial charge in [-0.2, -0.15) is 4.31 Å². The molecule has 0 bridgehead atoms. The van der Waals surface area contributed by atoms with Crippen molar-refractivity contribution in [2.45, 2.75) is 19.0 Å². The molecule has 1 heterocycles. The number of nitrogens with zero attached hydrogens (tertiary/aromatic N) is 1. The molecule has 19 heavy (non-hydrogen) atoms. The van der Waals surface area contributed by atoms with Crippen LogP contribution in [-0.2, 0) is 32.5 Å². The van der Waals surface area contributed by atoms with Gasteiger partial charge in [0.05, 0.1) is 7.11 Å².